The number of benzene rings is 1. The van der Waals surface area contributed by atoms with E-state index in [1.165, 1.54) is 0 Å². The molecule has 0 unspecified atom stereocenters. The number of nitrogens with one attached hydrogen (secondary N) is 2. The second kappa shape index (κ2) is 11.6. The molecule has 9 heteroatoms. The molecule has 4 aromatic rings. The number of aryl methyl sites for hydroxylation is 1. The molecular formula is C26H30N6O2S. The molecule has 0 radical (unpaired) electrons. The van der Waals surface area contributed by atoms with Gasteiger partial charge in [0.1, 0.15) is 12.1 Å². The molecule has 8 nitrogen and oxygen atoms in total. The number of aromatic nitrogens is 4. The van der Waals surface area contributed by atoms with Gasteiger partial charge < -0.3 is 15.4 Å². The summed E-state index contributed by atoms with van der Waals surface area (Å²) in [5, 5.41) is 6.95. The number of rotatable bonds is 8. The van der Waals surface area contributed by atoms with Crippen LogP contribution in [0.5, 0.6) is 5.88 Å². The largest absolute Gasteiger partial charge is 0.478 e. The fourth-order valence-corrected chi connectivity index (χ4v) is 3.90. The van der Waals surface area contributed by atoms with E-state index in [2.05, 4.69) is 43.6 Å². The fraction of sp³-hybridized carbons (Fsp3) is 0.269. The van der Waals surface area contributed by atoms with Crippen LogP contribution in [0, 0.1) is 6.92 Å². The highest BCUT2D eigenvalue weighted by atomic mass is 32.1. The Morgan fingerprint density at radius 3 is 2.69 bits per heavy atom. The molecule has 2 N–H and O–H groups in total. The summed E-state index contributed by atoms with van der Waals surface area (Å²) in [4.78, 5) is 30.0. The Morgan fingerprint density at radius 2 is 1.94 bits per heavy atom. The van der Waals surface area contributed by atoms with Crippen molar-refractivity contribution in [3.8, 4) is 17.1 Å². The summed E-state index contributed by atoms with van der Waals surface area (Å²) < 4.78 is 5.53. The molecule has 0 bridgehead atoms. The average molecular weight is 491 g/mol. The maximum atomic E-state index is 12.3. The Kier molecular flexibility index (Phi) is 8.59. The van der Waals surface area contributed by atoms with Gasteiger partial charge in [0, 0.05) is 54.5 Å². The van der Waals surface area contributed by atoms with E-state index in [1.807, 2.05) is 38.1 Å². The van der Waals surface area contributed by atoms with Crippen molar-refractivity contribution in [2.45, 2.75) is 26.7 Å². The standard InChI is InChI=1S/C26H28N6O2.H2S/c1-5-34-26-16(2)11-18(14-30-26)22-12-23(32-15-31-22)29-13-17(3)19-7-6-8-20-21(25(33)27-4)9-10-28-24(19)20;/h6-12,14-15,17H,5,13H2,1-4H3,(H,27,33)(H,29,31,32);1H2/t17-;/m1./s1. The zero-order valence-corrected chi connectivity index (χ0v) is 21.3. The van der Waals surface area contributed by atoms with E-state index < -0.39 is 0 Å². The zero-order chi connectivity index (χ0) is 24.1. The molecule has 3 aromatic heterocycles. The maximum absolute atomic E-state index is 12.3. The number of amides is 1. The van der Waals surface area contributed by atoms with E-state index in [1.54, 1.807) is 31.8 Å². The van der Waals surface area contributed by atoms with Crippen LogP contribution in [-0.4, -0.2) is 46.0 Å². The van der Waals surface area contributed by atoms with Gasteiger partial charge in [-0.05, 0) is 31.5 Å². The summed E-state index contributed by atoms with van der Waals surface area (Å²) in [6.07, 6.45) is 4.99. The number of carbonyl (C=O) groups is 1. The summed E-state index contributed by atoms with van der Waals surface area (Å²) in [5.41, 5.74) is 5.16. The predicted octanol–water partition coefficient (Wildman–Crippen LogP) is 4.48. The average Bonchev–Trinajstić information content (AvgIpc) is 2.87. The molecule has 35 heavy (non-hydrogen) atoms. The summed E-state index contributed by atoms with van der Waals surface area (Å²) in [7, 11) is 1.63. The highest BCUT2D eigenvalue weighted by Gasteiger charge is 2.15. The number of anilines is 1. The van der Waals surface area contributed by atoms with Gasteiger partial charge >= 0.3 is 0 Å². The van der Waals surface area contributed by atoms with Crippen molar-refractivity contribution in [2.24, 2.45) is 0 Å². The second-order valence-corrected chi connectivity index (χ2v) is 8.03. The summed E-state index contributed by atoms with van der Waals surface area (Å²) in [6.45, 7) is 7.25. The molecule has 4 rings (SSSR count). The monoisotopic (exact) mass is 490 g/mol. The molecule has 0 aliphatic carbocycles. The van der Waals surface area contributed by atoms with Gasteiger partial charge in [-0.15, -0.1) is 0 Å². The van der Waals surface area contributed by atoms with Crippen LogP contribution in [0.3, 0.4) is 0 Å². The van der Waals surface area contributed by atoms with Crippen molar-refractivity contribution in [1.29, 1.82) is 0 Å². The number of carbonyl (C=O) groups excluding carboxylic acids is 1. The first-order valence-corrected chi connectivity index (χ1v) is 11.3. The Balaban J connectivity index is 0.00000342. The van der Waals surface area contributed by atoms with Crippen molar-refractivity contribution >= 4 is 36.1 Å². The molecule has 3 heterocycles. The van der Waals surface area contributed by atoms with Gasteiger partial charge in [-0.1, -0.05) is 25.1 Å². The number of hydrogen-bond donors (Lipinski definition) is 2. The number of ether oxygens (including phenoxy) is 1. The zero-order valence-electron chi connectivity index (χ0n) is 20.3. The van der Waals surface area contributed by atoms with Crippen LogP contribution < -0.4 is 15.4 Å². The Bertz CT molecular complexity index is 1330. The van der Waals surface area contributed by atoms with E-state index in [0.29, 0.717) is 24.6 Å². The molecule has 1 aromatic carbocycles. The van der Waals surface area contributed by atoms with E-state index in [-0.39, 0.29) is 25.3 Å². The maximum Gasteiger partial charge on any atom is 0.251 e. The third-order valence-corrected chi connectivity index (χ3v) is 5.67. The predicted molar refractivity (Wildman–Crippen MR) is 144 cm³/mol. The number of para-hydroxylation sites is 1. The summed E-state index contributed by atoms with van der Waals surface area (Å²) in [5.74, 6) is 1.37. The van der Waals surface area contributed by atoms with Crippen molar-refractivity contribution in [3.63, 3.8) is 0 Å². The molecule has 1 atom stereocenters. The number of nitrogens with zero attached hydrogens (tertiary/aromatic N) is 4. The highest BCUT2D eigenvalue weighted by Crippen LogP contribution is 2.27. The normalized spacial score (nSPS) is 11.4. The van der Waals surface area contributed by atoms with E-state index in [0.717, 1.165) is 39.1 Å². The number of pyridine rings is 2. The van der Waals surface area contributed by atoms with Crippen LogP contribution in [0.2, 0.25) is 0 Å². The quantitative estimate of drug-likeness (QED) is 0.375. The first kappa shape index (κ1) is 25.9. The lowest BCUT2D eigenvalue weighted by Gasteiger charge is -2.16. The lowest BCUT2D eigenvalue weighted by atomic mass is 9.96. The molecule has 0 saturated carbocycles. The first-order chi connectivity index (χ1) is 16.5. The number of fused-ring (bicyclic) bond motifs is 1. The minimum absolute atomic E-state index is 0. The Morgan fingerprint density at radius 1 is 1.11 bits per heavy atom. The lowest BCUT2D eigenvalue weighted by molar-refractivity contribution is 0.0964. The molecule has 1 amide bonds. The van der Waals surface area contributed by atoms with Crippen LogP contribution in [-0.2, 0) is 0 Å². The van der Waals surface area contributed by atoms with Gasteiger partial charge in [0.05, 0.1) is 23.4 Å². The van der Waals surface area contributed by atoms with Crippen LogP contribution in [0.4, 0.5) is 5.82 Å². The second-order valence-electron chi connectivity index (χ2n) is 8.03. The van der Waals surface area contributed by atoms with Gasteiger partial charge in [0.25, 0.3) is 5.91 Å². The van der Waals surface area contributed by atoms with E-state index >= 15 is 0 Å². The van der Waals surface area contributed by atoms with Gasteiger partial charge in [-0.3, -0.25) is 9.78 Å². The smallest absolute Gasteiger partial charge is 0.251 e. The molecule has 182 valence electrons. The summed E-state index contributed by atoms with van der Waals surface area (Å²) in [6, 6.07) is 11.6. The van der Waals surface area contributed by atoms with Crippen molar-refractivity contribution in [1.82, 2.24) is 25.3 Å². The van der Waals surface area contributed by atoms with Gasteiger partial charge in [-0.25, -0.2) is 15.0 Å². The Hall–Kier alpha value is -3.72. The van der Waals surface area contributed by atoms with Crippen LogP contribution in [0.25, 0.3) is 22.2 Å². The molecule has 0 saturated heterocycles. The molecular weight excluding hydrogens is 460 g/mol. The molecule has 0 spiro atoms. The van der Waals surface area contributed by atoms with Gasteiger partial charge in [0.15, 0.2) is 0 Å². The third-order valence-electron chi connectivity index (χ3n) is 5.67. The van der Waals surface area contributed by atoms with E-state index in [9.17, 15) is 4.79 Å². The van der Waals surface area contributed by atoms with Crippen molar-refractivity contribution < 1.29 is 9.53 Å². The Labute approximate surface area is 212 Å². The van der Waals surface area contributed by atoms with Crippen LogP contribution in [0.15, 0.2) is 55.1 Å². The molecule has 0 aliphatic rings. The van der Waals surface area contributed by atoms with Gasteiger partial charge in [0.2, 0.25) is 5.88 Å². The van der Waals surface area contributed by atoms with Crippen LogP contribution in [0.1, 0.15) is 41.3 Å². The first-order valence-electron chi connectivity index (χ1n) is 11.3. The highest BCUT2D eigenvalue weighted by molar-refractivity contribution is 7.59. The lowest BCUT2D eigenvalue weighted by Crippen LogP contribution is -2.18. The third kappa shape index (κ3) is 5.68. The number of hydrogen-bond acceptors (Lipinski definition) is 7. The van der Waals surface area contributed by atoms with E-state index in [4.69, 9.17) is 4.74 Å². The fourth-order valence-electron chi connectivity index (χ4n) is 3.90. The topological polar surface area (TPSA) is 102 Å². The molecule has 0 aliphatic heterocycles. The van der Waals surface area contributed by atoms with Crippen LogP contribution >= 0.6 is 13.5 Å². The van der Waals surface area contributed by atoms with Crippen molar-refractivity contribution in [2.75, 3.05) is 25.5 Å². The van der Waals surface area contributed by atoms with Crippen molar-refractivity contribution in [3.05, 3.63) is 71.8 Å². The summed E-state index contributed by atoms with van der Waals surface area (Å²) >= 11 is 0. The molecule has 0 fully saturated rings. The SMILES string of the molecule is CCOc1ncc(-c2cc(NC[C@@H](C)c3cccc4c(C(=O)NC)ccnc34)ncn2)cc1C.S. The van der Waals surface area contributed by atoms with Gasteiger partial charge in [-0.2, -0.15) is 13.5 Å². The minimum Gasteiger partial charge on any atom is -0.478 e. The minimum atomic E-state index is -0.122.